The van der Waals surface area contributed by atoms with Gasteiger partial charge in [0.2, 0.25) is 11.8 Å². The van der Waals surface area contributed by atoms with Crippen LogP contribution in [0.4, 0.5) is 0 Å². The normalized spacial score (nSPS) is 22.1. The Bertz CT molecular complexity index is 840. The zero-order valence-corrected chi connectivity index (χ0v) is 17.5. The molecular formula is C23H28N2O2S. The van der Waals surface area contributed by atoms with Crippen molar-refractivity contribution in [2.45, 2.75) is 32.1 Å². The minimum Gasteiger partial charge on any atom is -0.348 e. The first-order valence-corrected chi connectivity index (χ1v) is 11.0. The molecule has 2 aromatic rings. The molecule has 1 aliphatic heterocycles. The van der Waals surface area contributed by atoms with Gasteiger partial charge in [0.15, 0.2) is 0 Å². The number of benzene rings is 1. The van der Waals surface area contributed by atoms with Gasteiger partial charge in [-0.05, 0) is 48.3 Å². The highest BCUT2D eigenvalue weighted by molar-refractivity contribution is 7.13. The van der Waals surface area contributed by atoms with Gasteiger partial charge in [-0.3, -0.25) is 9.59 Å². The van der Waals surface area contributed by atoms with E-state index < -0.39 is 5.41 Å². The van der Waals surface area contributed by atoms with Crippen molar-refractivity contribution >= 4 is 23.2 Å². The number of likely N-dealkylation sites (tertiary alicyclic amines) is 1. The Balaban J connectivity index is 1.53. The molecule has 4 rings (SSSR count). The van der Waals surface area contributed by atoms with Crippen LogP contribution in [0.15, 0.2) is 41.8 Å². The van der Waals surface area contributed by atoms with Crippen molar-refractivity contribution < 1.29 is 9.59 Å². The number of hydrogen-bond donors (Lipinski definition) is 0. The van der Waals surface area contributed by atoms with Crippen LogP contribution in [0.3, 0.4) is 0 Å². The monoisotopic (exact) mass is 396 g/mol. The summed E-state index contributed by atoms with van der Waals surface area (Å²) in [5.74, 6) is 0.585. The number of nitrogens with zero attached hydrogens (tertiary/aromatic N) is 2. The van der Waals surface area contributed by atoms with Gasteiger partial charge < -0.3 is 9.80 Å². The van der Waals surface area contributed by atoms with E-state index in [1.807, 2.05) is 19.0 Å². The fraction of sp³-hybridized carbons (Fsp3) is 0.478. The third-order valence-electron chi connectivity index (χ3n) is 6.28. The second-order valence-corrected chi connectivity index (χ2v) is 9.42. The van der Waals surface area contributed by atoms with E-state index in [0.29, 0.717) is 19.5 Å². The minimum atomic E-state index is -0.507. The fourth-order valence-corrected chi connectivity index (χ4v) is 5.20. The maximum absolute atomic E-state index is 13.1. The predicted octanol–water partition coefficient (Wildman–Crippen LogP) is 4.06. The molecule has 1 atom stereocenters. The predicted molar refractivity (Wildman–Crippen MR) is 113 cm³/mol. The van der Waals surface area contributed by atoms with Crippen molar-refractivity contribution in [1.82, 2.24) is 9.80 Å². The molecule has 1 unspecified atom stereocenters. The van der Waals surface area contributed by atoms with Crippen molar-refractivity contribution in [2.24, 2.45) is 11.3 Å². The van der Waals surface area contributed by atoms with Gasteiger partial charge in [-0.25, -0.2) is 0 Å². The van der Waals surface area contributed by atoms with Gasteiger partial charge in [0.25, 0.3) is 0 Å². The van der Waals surface area contributed by atoms with E-state index in [1.54, 1.807) is 16.2 Å². The number of thiophene rings is 1. The number of hydrogen-bond acceptors (Lipinski definition) is 3. The molecule has 2 amide bonds. The highest BCUT2D eigenvalue weighted by atomic mass is 32.1. The first kappa shape index (κ1) is 19.2. The highest BCUT2D eigenvalue weighted by Gasteiger charge is 2.47. The zero-order chi connectivity index (χ0) is 19.7. The van der Waals surface area contributed by atoms with E-state index in [2.05, 4.69) is 41.8 Å². The van der Waals surface area contributed by atoms with Gasteiger partial charge in [-0.1, -0.05) is 36.8 Å². The third kappa shape index (κ3) is 3.60. The van der Waals surface area contributed by atoms with Crippen molar-refractivity contribution in [3.05, 3.63) is 47.3 Å². The van der Waals surface area contributed by atoms with Crippen LogP contribution in [0.5, 0.6) is 0 Å². The maximum Gasteiger partial charge on any atom is 0.230 e. The van der Waals surface area contributed by atoms with Crippen LogP contribution in [-0.4, -0.2) is 48.8 Å². The lowest BCUT2D eigenvalue weighted by molar-refractivity contribution is -0.141. The summed E-state index contributed by atoms with van der Waals surface area (Å²) < 4.78 is 0. The Labute approximate surface area is 171 Å². The van der Waals surface area contributed by atoms with E-state index in [-0.39, 0.29) is 17.7 Å². The number of carbonyl (C=O) groups excluding carboxylic acids is 2. The summed E-state index contributed by atoms with van der Waals surface area (Å²) in [7, 11) is 3.64. The zero-order valence-electron chi connectivity index (χ0n) is 16.7. The molecule has 4 nitrogen and oxygen atoms in total. The standard InChI is InChI=1S/C23H28N2O2S/c1-24(2)22(27)23(12-13-25(16-23)21(26)19-5-3-6-19)15-17-8-10-18(11-9-17)20-7-4-14-28-20/h4,7-11,14,19H,3,5-6,12-13,15-16H2,1-2H3. The van der Waals surface area contributed by atoms with Crippen LogP contribution < -0.4 is 0 Å². The molecule has 0 radical (unpaired) electrons. The maximum atomic E-state index is 13.1. The van der Waals surface area contributed by atoms with E-state index >= 15 is 0 Å². The highest BCUT2D eigenvalue weighted by Crippen LogP contribution is 2.39. The SMILES string of the molecule is CN(C)C(=O)C1(Cc2ccc(-c3cccs3)cc2)CCN(C(=O)C2CCC2)C1. The summed E-state index contributed by atoms with van der Waals surface area (Å²) in [6, 6.07) is 12.7. The van der Waals surface area contributed by atoms with Gasteiger partial charge in [-0.2, -0.15) is 0 Å². The van der Waals surface area contributed by atoms with Crippen molar-refractivity contribution in [3.63, 3.8) is 0 Å². The van der Waals surface area contributed by atoms with Crippen LogP contribution >= 0.6 is 11.3 Å². The number of carbonyl (C=O) groups is 2. The summed E-state index contributed by atoms with van der Waals surface area (Å²) in [6.45, 7) is 1.24. The van der Waals surface area contributed by atoms with Crippen molar-refractivity contribution in [2.75, 3.05) is 27.2 Å². The van der Waals surface area contributed by atoms with Crippen LogP contribution in [0, 0.1) is 11.3 Å². The quantitative estimate of drug-likeness (QED) is 0.765. The summed E-state index contributed by atoms with van der Waals surface area (Å²) in [5.41, 5.74) is 1.86. The molecule has 1 saturated heterocycles. The molecule has 1 aliphatic carbocycles. The Morgan fingerprint density at radius 1 is 1.18 bits per heavy atom. The Morgan fingerprint density at radius 3 is 2.50 bits per heavy atom. The molecule has 2 heterocycles. The molecule has 2 fully saturated rings. The van der Waals surface area contributed by atoms with Crippen LogP contribution in [0.1, 0.15) is 31.2 Å². The van der Waals surface area contributed by atoms with Crippen LogP contribution in [-0.2, 0) is 16.0 Å². The van der Waals surface area contributed by atoms with Gasteiger partial charge in [0, 0.05) is 38.0 Å². The average Bonchev–Trinajstić information content (AvgIpc) is 3.31. The Hall–Kier alpha value is -2.14. The molecule has 0 N–H and O–H groups in total. The summed E-state index contributed by atoms with van der Waals surface area (Å²) in [4.78, 5) is 30.8. The number of amides is 2. The number of rotatable bonds is 5. The molecule has 1 aromatic heterocycles. The third-order valence-corrected chi connectivity index (χ3v) is 7.20. The van der Waals surface area contributed by atoms with E-state index in [4.69, 9.17) is 0 Å². The molecule has 2 aliphatic rings. The molecule has 0 bridgehead atoms. The smallest absolute Gasteiger partial charge is 0.230 e. The van der Waals surface area contributed by atoms with E-state index in [1.165, 1.54) is 10.4 Å². The van der Waals surface area contributed by atoms with Crippen molar-refractivity contribution in [1.29, 1.82) is 0 Å². The molecular weight excluding hydrogens is 368 g/mol. The second kappa shape index (κ2) is 7.70. The van der Waals surface area contributed by atoms with Gasteiger partial charge in [-0.15, -0.1) is 11.3 Å². The minimum absolute atomic E-state index is 0.138. The molecule has 5 heteroatoms. The van der Waals surface area contributed by atoms with Crippen LogP contribution in [0.2, 0.25) is 0 Å². The van der Waals surface area contributed by atoms with Gasteiger partial charge in [0.1, 0.15) is 0 Å². The second-order valence-electron chi connectivity index (χ2n) is 8.47. The van der Waals surface area contributed by atoms with E-state index in [0.717, 1.165) is 31.2 Å². The molecule has 148 valence electrons. The summed E-state index contributed by atoms with van der Waals surface area (Å²) >= 11 is 1.73. The molecule has 0 spiro atoms. The fourth-order valence-electron chi connectivity index (χ4n) is 4.46. The molecule has 28 heavy (non-hydrogen) atoms. The topological polar surface area (TPSA) is 40.6 Å². The van der Waals surface area contributed by atoms with Gasteiger partial charge in [0.05, 0.1) is 5.41 Å². The first-order valence-electron chi connectivity index (χ1n) is 10.1. The summed E-state index contributed by atoms with van der Waals surface area (Å²) in [5, 5.41) is 2.08. The largest absolute Gasteiger partial charge is 0.348 e. The lowest BCUT2D eigenvalue weighted by Gasteiger charge is -2.33. The van der Waals surface area contributed by atoms with Crippen molar-refractivity contribution in [3.8, 4) is 10.4 Å². The Morgan fingerprint density at radius 2 is 1.93 bits per heavy atom. The Kier molecular flexibility index (Phi) is 5.28. The van der Waals surface area contributed by atoms with Gasteiger partial charge >= 0.3 is 0 Å². The summed E-state index contributed by atoms with van der Waals surface area (Å²) in [6.07, 6.45) is 4.60. The lowest BCUT2D eigenvalue weighted by atomic mass is 9.79. The molecule has 1 aromatic carbocycles. The first-order chi connectivity index (χ1) is 13.5. The molecule has 1 saturated carbocycles. The average molecular weight is 397 g/mol. The lowest BCUT2D eigenvalue weighted by Crippen LogP contribution is -2.46. The van der Waals surface area contributed by atoms with E-state index in [9.17, 15) is 9.59 Å². The van der Waals surface area contributed by atoms with Crippen LogP contribution in [0.25, 0.3) is 10.4 Å².